The maximum Gasteiger partial charge on any atom is 0.228 e. The molecule has 0 spiro atoms. The number of morpholine rings is 1. The summed E-state index contributed by atoms with van der Waals surface area (Å²) in [6.07, 6.45) is 2.88. The van der Waals surface area contributed by atoms with Gasteiger partial charge in [-0.2, -0.15) is 0 Å². The van der Waals surface area contributed by atoms with Gasteiger partial charge in [0.15, 0.2) is 0 Å². The predicted molar refractivity (Wildman–Crippen MR) is 98.7 cm³/mol. The second kappa shape index (κ2) is 8.68. The molecule has 2 heterocycles. The molecule has 2 fully saturated rings. The van der Waals surface area contributed by atoms with Gasteiger partial charge in [-0.3, -0.25) is 4.79 Å². The van der Waals surface area contributed by atoms with Crippen LogP contribution in [0.4, 0.5) is 5.69 Å². The van der Waals surface area contributed by atoms with E-state index in [0.29, 0.717) is 6.54 Å². The minimum absolute atomic E-state index is 0.000649. The molecule has 0 aromatic heterocycles. The van der Waals surface area contributed by atoms with Crippen molar-refractivity contribution in [2.24, 2.45) is 5.92 Å². The van der Waals surface area contributed by atoms with Crippen LogP contribution < -0.4 is 4.90 Å². The topological polar surface area (TPSA) is 42.0 Å². The lowest BCUT2D eigenvalue weighted by atomic mass is 9.91. The molecular weight excluding hydrogens is 316 g/mol. The Balaban J connectivity index is 1.70. The average Bonchev–Trinajstić information content (AvgIpc) is 2.68. The molecule has 0 unspecified atom stereocenters. The molecule has 138 valence electrons. The summed E-state index contributed by atoms with van der Waals surface area (Å²) >= 11 is 0. The molecule has 2 aliphatic heterocycles. The number of hydrogen-bond acceptors (Lipinski definition) is 4. The zero-order valence-electron chi connectivity index (χ0n) is 15.4. The Labute approximate surface area is 150 Å². The maximum atomic E-state index is 13.0. The molecule has 1 aromatic carbocycles. The van der Waals surface area contributed by atoms with Crippen molar-refractivity contribution in [1.82, 2.24) is 4.90 Å². The zero-order chi connectivity index (χ0) is 17.6. The van der Waals surface area contributed by atoms with Crippen molar-refractivity contribution >= 4 is 11.6 Å². The molecule has 5 nitrogen and oxygen atoms in total. The van der Waals surface area contributed by atoms with E-state index in [2.05, 4.69) is 36.1 Å². The first-order valence-electron chi connectivity index (χ1n) is 9.48. The summed E-state index contributed by atoms with van der Waals surface area (Å²) in [6, 6.07) is 8.40. The lowest BCUT2D eigenvalue weighted by molar-refractivity contribution is -0.144. The van der Waals surface area contributed by atoms with Crippen molar-refractivity contribution in [3.8, 4) is 0 Å². The molecule has 0 bridgehead atoms. The predicted octanol–water partition coefficient (Wildman–Crippen LogP) is 2.69. The highest BCUT2D eigenvalue weighted by molar-refractivity contribution is 5.79. The van der Waals surface area contributed by atoms with E-state index in [-0.39, 0.29) is 17.9 Å². The highest BCUT2D eigenvalue weighted by atomic mass is 16.5. The first-order valence-corrected chi connectivity index (χ1v) is 9.48. The van der Waals surface area contributed by atoms with Gasteiger partial charge in [-0.1, -0.05) is 25.1 Å². The molecule has 25 heavy (non-hydrogen) atoms. The second-order valence-corrected chi connectivity index (χ2v) is 6.99. The quantitative estimate of drug-likeness (QED) is 0.822. The SMILES string of the molecule is CC[C@@H]1OCCC[C@H]1C(=O)N(C)Cc1ccccc1N1CCOCC1. The molecule has 2 saturated heterocycles. The zero-order valence-corrected chi connectivity index (χ0v) is 15.4. The number of ether oxygens (including phenoxy) is 2. The summed E-state index contributed by atoms with van der Waals surface area (Å²) in [4.78, 5) is 17.2. The van der Waals surface area contributed by atoms with Crippen molar-refractivity contribution < 1.29 is 14.3 Å². The van der Waals surface area contributed by atoms with E-state index in [1.54, 1.807) is 0 Å². The number of carbonyl (C=O) groups excluding carboxylic acids is 1. The summed E-state index contributed by atoms with van der Waals surface area (Å²) in [7, 11) is 1.92. The van der Waals surface area contributed by atoms with Crippen LogP contribution in [0, 0.1) is 5.92 Å². The molecule has 0 aliphatic carbocycles. The number of para-hydroxylation sites is 1. The first-order chi connectivity index (χ1) is 12.2. The third-order valence-corrected chi connectivity index (χ3v) is 5.29. The monoisotopic (exact) mass is 346 g/mol. The number of carbonyl (C=O) groups is 1. The molecule has 5 heteroatoms. The fraction of sp³-hybridized carbons (Fsp3) is 0.650. The molecule has 0 N–H and O–H groups in total. The standard InChI is InChI=1S/C20H30N2O3/c1-3-19-17(8-6-12-25-19)20(23)21(2)15-16-7-4-5-9-18(16)22-10-13-24-14-11-22/h4-5,7,9,17,19H,3,6,8,10-15H2,1-2H3/t17-,19+/m1/s1. The van der Waals surface area contributed by atoms with Gasteiger partial charge in [0.05, 0.1) is 25.2 Å². The van der Waals surface area contributed by atoms with Crippen LogP contribution in [-0.2, 0) is 20.8 Å². The lowest BCUT2D eigenvalue weighted by Crippen LogP contribution is -2.42. The van der Waals surface area contributed by atoms with E-state index in [0.717, 1.165) is 52.2 Å². The van der Waals surface area contributed by atoms with Gasteiger partial charge in [-0.25, -0.2) is 0 Å². The molecule has 2 aliphatic rings. The second-order valence-electron chi connectivity index (χ2n) is 6.99. The smallest absolute Gasteiger partial charge is 0.228 e. The average molecular weight is 346 g/mol. The normalized spacial score (nSPS) is 24.2. The van der Waals surface area contributed by atoms with Gasteiger partial charge < -0.3 is 19.3 Å². The lowest BCUT2D eigenvalue weighted by Gasteiger charge is -2.34. The number of anilines is 1. The molecule has 0 radical (unpaired) electrons. The van der Waals surface area contributed by atoms with Crippen molar-refractivity contribution in [3.63, 3.8) is 0 Å². The Hall–Kier alpha value is -1.59. The van der Waals surface area contributed by atoms with Crippen molar-refractivity contribution in [3.05, 3.63) is 29.8 Å². The summed E-state index contributed by atoms with van der Waals surface area (Å²) < 4.78 is 11.3. The Morgan fingerprint density at radius 2 is 2.00 bits per heavy atom. The Kier molecular flexibility index (Phi) is 6.32. The molecule has 1 aromatic rings. The van der Waals surface area contributed by atoms with Gasteiger partial charge >= 0.3 is 0 Å². The number of nitrogens with zero attached hydrogens (tertiary/aromatic N) is 2. The van der Waals surface area contributed by atoms with Gasteiger partial charge in [0.25, 0.3) is 0 Å². The summed E-state index contributed by atoms with van der Waals surface area (Å²) in [5.41, 5.74) is 2.42. The number of amides is 1. The van der Waals surface area contributed by atoms with Gasteiger partial charge in [-0.05, 0) is 30.9 Å². The summed E-state index contributed by atoms with van der Waals surface area (Å²) in [5.74, 6) is 0.211. The van der Waals surface area contributed by atoms with Gasteiger partial charge in [0.1, 0.15) is 0 Å². The fourth-order valence-corrected chi connectivity index (χ4v) is 3.90. The Morgan fingerprint density at radius 1 is 1.24 bits per heavy atom. The maximum absolute atomic E-state index is 13.0. The van der Waals surface area contributed by atoms with Gasteiger partial charge in [0.2, 0.25) is 5.91 Å². The van der Waals surface area contributed by atoms with Crippen LogP contribution >= 0.6 is 0 Å². The molecule has 2 atom stereocenters. The molecule has 0 saturated carbocycles. The highest BCUT2D eigenvalue weighted by Crippen LogP contribution is 2.27. The molecule has 1 amide bonds. The van der Waals surface area contributed by atoms with E-state index in [9.17, 15) is 4.79 Å². The van der Waals surface area contributed by atoms with E-state index in [1.807, 2.05) is 11.9 Å². The number of hydrogen-bond donors (Lipinski definition) is 0. The number of rotatable bonds is 5. The third kappa shape index (κ3) is 4.33. The van der Waals surface area contributed by atoms with Crippen LogP contribution in [0.25, 0.3) is 0 Å². The van der Waals surface area contributed by atoms with E-state index >= 15 is 0 Å². The Morgan fingerprint density at radius 3 is 2.76 bits per heavy atom. The van der Waals surface area contributed by atoms with E-state index in [1.165, 1.54) is 11.3 Å². The summed E-state index contributed by atoms with van der Waals surface area (Å²) in [6.45, 7) is 6.86. The van der Waals surface area contributed by atoms with Crippen molar-refractivity contribution in [2.45, 2.75) is 38.8 Å². The molecule has 3 rings (SSSR count). The molecular formula is C20H30N2O3. The van der Waals surface area contributed by atoms with Crippen molar-refractivity contribution in [1.29, 1.82) is 0 Å². The fourth-order valence-electron chi connectivity index (χ4n) is 3.90. The van der Waals surface area contributed by atoms with Crippen LogP contribution in [0.5, 0.6) is 0 Å². The van der Waals surface area contributed by atoms with Crippen LogP contribution in [0.1, 0.15) is 31.7 Å². The minimum Gasteiger partial charge on any atom is -0.378 e. The van der Waals surface area contributed by atoms with Gasteiger partial charge in [-0.15, -0.1) is 0 Å². The highest BCUT2D eigenvalue weighted by Gasteiger charge is 2.32. The van der Waals surface area contributed by atoms with Crippen molar-refractivity contribution in [2.75, 3.05) is 44.9 Å². The number of benzene rings is 1. The minimum atomic E-state index is -0.000649. The summed E-state index contributed by atoms with van der Waals surface area (Å²) in [5, 5.41) is 0. The van der Waals surface area contributed by atoms with E-state index in [4.69, 9.17) is 9.47 Å². The van der Waals surface area contributed by atoms with Gasteiger partial charge in [0, 0.05) is 39.0 Å². The van der Waals surface area contributed by atoms with Crippen LogP contribution in [0.15, 0.2) is 24.3 Å². The van der Waals surface area contributed by atoms with Crippen LogP contribution in [0.2, 0.25) is 0 Å². The van der Waals surface area contributed by atoms with Crippen LogP contribution in [-0.4, -0.2) is 56.9 Å². The Bertz CT molecular complexity index is 572. The largest absolute Gasteiger partial charge is 0.378 e. The third-order valence-electron chi connectivity index (χ3n) is 5.29. The first kappa shape index (κ1) is 18.2. The van der Waals surface area contributed by atoms with E-state index < -0.39 is 0 Å². The van der Waals surface area contributed by atoms with Crippen LogP contribution in [0.3, 0.4) is 0 Å².